The van der Waals surface area contributed by atoms with Crippen LogP contribution in [0.5, 0.6) is 0 Å². The van der Waals surface area contributed by atoms with Gasteiger partial charge in [-0.05, 0) is 44.0 Å². The van der Waals surface area contributed by atoms with Gasteiger partial charge in [0.05, 0.1) is 5.69 Å². The number of carbonyl (C=O) groups excluding carboxylic acids is 1. The number of amides is 1. The maximum atomic E-state index is 13.0. The first-order chi connectivity index (χ1) is 15.2. The highest BCUT2D eigenvalue weighted by Crippen LogP contribution is 2.26. The molecule has 8 heteroatoms. The maximum Gasteiger partial charge on any atom is 0.267 e. The Morgan fingerprint density at radius 3 is 2.50 bits per heavy atom. The molecule has 0 bridgehead atoms. The summed E-state index contributed by atoms with van der Waals surface area (Å²) in [4.78, 5) is 21.5. The minimum absolute atomic E-state index is 0.0146. The average molecular weight is 432 g/mol. The second kappa shape index (κ2) is 9.18. The van der Waals surface area contributed by atoms with Crippen molar-refractivity contribution in [3.8, 4) is 12.0 Å². The van der Waals surface area contributed by atoms with Crippen molar-refractivity contribution in [2.45, 2.75) is 59.9 Å². The molecule has 0 saturated heterocycles. The summed E-state index contributed by atoms with van der Waals surface area (Å²) in [5, 5.41) is 17.1. The molecule has 0 aliphatic rings. The molecule has 0 unspecified atom stereocenters. The fraction of sp³-hybridized carbons (Fsp3) is 0.375. The Hall–Kier alpha value is -3.73. The van der Waals surface area contributed by atoms with Crippen molar-refractivity contribution < 1.29 is 4.79 Å². The topological polar surface area (TPSA) is 101 Å². The number of nitrogens with zero attached hydrogens (tertiary/aromatic N) is 6. The molecule has 0 saturated carbocycles. The van der Waals surface area contributed by atoms with E-state index in [1.165, 1.54) is 4.68 Å². The van der Waals surface area contributed by atoms with Crippen LogP contribution in [0.15, 0.2) is 36.2 Å². The molecule has 0 fully saturated rings. The van der Waals surface area contributed by atoms with Crippen LogP contribution in [0.3, 0.4) is 0 Å². The lowest BCUT2D eigenvalue weighted by Crippen LogP contribution is -2.17. The summed E-state index contributed by atoms with van der Waals surface area (Å²) in [6.07, 6.45) is 5.86. The van der Waals surface area contributed by atoms with Gasteiger partial charge in [0.15, 0.2) is 0 Å². The molecule has 0 aliphatic carbocycles. The van der Waals surface area contributed by atoms with E-state index in [2.05, 4.69) is 31.9 Å². The molecule has 3 heterocycles. The molecule has 32 heavy (non-hydrogen) atoms. The van der Waals surface area contributed by atoms with Crippen molar-refractivity contribution in [3.05, 3.63) is 58.8 Å². The van der Waals surface area contributed by atoms with Crippen LogP contribution >= 0.6 is 0 Å². The molecule has 8 nitrogen and oxygen atoms in total. The van der Waals surface area contributed by atoms with Gasteiger partial charge in [0.1, 0.15) is 17.5 Å². The summed E-state index contributed by atoms with van der Waals surface area (Å²) in [5.74, 6) is 0.234. The van der Waals surface area contributed by atoms with Crippen molar-refractivity contribution in [1.82, 2.24) is 24.3 Å². The fourth-order valence-electron chi connectivity index (χ4n) is 3.42. The van der Waals surface area contributed by atoms with Gasteiger partial charge in [0.25, 0.3) is 11.9 Å². The molecule has 3 aromatic rings. The quantitative estimate of drug-likeness (QED) is 0.462. The molecule has 3 rings (SSSR count). The third-order valence-corrected chi connectivity index (χ3v) is 5.19. The summed E-state index contributed by atoms with van der Waals surface area (Å²) in [5.41, 5.74) is 3.53. The van der Waals surface area contributed by atoms with Gasteiger partial charge in [-0.2, -0.15) is 15.0 Å². The van der Waals surface area contributed by atoms with Crippen molar-refractivity contribution in [2.75, 3.05) is 5.32 Å². The lowest BCUT2D eigenvalue weighted by molar-refractivity contribution is -0.112. The highest BCUT2D eigenvalue weighted by Gasteiger charge is 2.23. The fourth-order valence-corrected chi connectivity index (χ4v) is 3.42. The van der Waals surface area contributed by atoms with Gasteiger partial charge in [-0.3, -0.25) is 4.79 Å². The Labute approximate surface area is 188 Å². The number of nitriles is 1. The number of rotatable bonds is 6. The first kappa shape index (κ1) is 22.9. The molecule has 1 N–H and O–H groups in total. The van der Waals surface area contributed by atoms with Gasteiger partial charge < -0.3 is 9.88 Å². The second-order valence-corrected chi connectivity index (χ2v) is 8.73. The average Bonchev–Trinajstić information content (AvgIpc) is 3.29. The predicted octanol–water partition coefficient (Wildman–Crippen LogP) is 4.33. The van der Waals surface area contributed by atoms with E-state index in [1.807, 2.05) is 46.8 Å². The first-order valence-corrected chi connectivity index (χ1v) is 10.6. The standard InChI is InChI=1S/C24H29N7O/c1-7-11-30-16(2)12-18(17(30)3)13-19(15-25)22(32)28-21-14-20(24(4,5)6)29-31(21)23-26-9-8-10-27-23/h8-10,12-14H,7,11H2,1-6H3,(H,28,32)/b19-13+. The number of nitrogens with one attached hydrogen (secondary N) is 1. The van der Waals surface area contributed by atoms with Crippen molar-refractivity contribution in [3.63, 3.8) is 0 Å². The third kappa shape index (κ3) is 4.78. The van der Waals surface area contributed by atoms with Crippen LogP contribution in [0.4, 0.5) is 5.82 Å². The van der Waals surface area contributed by atoms with Gasteiger partial charge in [-0.1, -0.05) is 27.7 Å². The summed E-state index contributed by atoms with van der Waals surface area (Å²) in [6, 6.07) is 7.53. The molecule has 0 atom stereocenters. The van der Waals surface area contributed by atoms with E-state index in [0.717, 1.165) is 35.6 Å². The van der Waals surface area contributed by atoms with E-state index in [0.29, 0.717) is 11.8 Å². The maximum absolute atomic E-state index is 13.0. The summed E-state index contributed by atoms with van der Waals surface area (Å²) < 4.78 is 3.68. The number of hydrogen-bond acceptors (Lipinski definition) is 5. The minimum Gasteiger partial charge on any atom is -0.349 e. The zero-order valence-corrected chi connectivity index (χ0v) is 19.5. The lowest BCUT2D eigenvalue weighted by atomic mass is 9.92. The second-order valence-electron chi connectivity index (χ2n) is 8.73. The number of carbonyl (C=O) groups is 1. The van der Waals surface area contributed by atoms with Crippen LogP contribution < -0.4 is 5.32 Å². The number of aromatic nitrogens is 5. The van der Waals surface area contributed by atoms with E-state index >= 15 is 0 Å². The largest absolute Gasteiger partial charge is 0.349 e. The van der Waals surface area contributed by atoms with E-state index in [4.69, 9.17) is 0 Å². The van der Waals surface area contributed by atoms with Gasteiger partial charge in [-0.25, -0.2) is 9.97 Å². The highest BCUT2D eigenvalue weighted by atomic mass is 16.1. The van der Waals surface area contributed by atoms with Crippen LogP contribution in [0.1, 0.15) is 56.8 Å². The summed E-state index contributed by atoms with van der Waals surface area (Å²) >= 11 is 0. The van der Waals surface area contributed by atoms with Crippen LogP contribution in [0.25, 0.3) is 12.0 Å². The molecule has 3 aromatic heterocycles. The van der Waals surface area contributed by atoms with Crippen molar-refractivity contribution >= 4 is 17.8 Å². The molecule has 0 aromatic carbocycles. The van der Waals surface area contributed by atoms with Crippen LogP contribution in [-0.2, 0) is 16.8 Å². The summed E-state index contributed by atoms with van der Waals surface area (Å²) in [7, 11) is 0. The Balaban J connectivity index is 1.97. The van der Waals surface area contributed by atoms with Gasteiger partial charge in [-0.15, -0.1) is 0 Å². The van der Waals surface area contributed by atoms with Crippen molar-refractivity contribution in [2.24, 2.45) is 0 Å². The van der Waals surface area contributed by atoms with Crippen molar-refractivity contribution in [1.29, 1.82) is 5.26 Å². The van der Waals surface area contributed by atoms with E-state index < -0.39 is 5.91 Å². The smallest absolute Gasteiger partial charge is 0.267 e. The van der Waals surface area contributed by atoms with E-state index in [-0.39, 0.29) is 11.0 Å². The third-order valence-electron chi connectivity index (χ3n) is 5.19. The Bertz CT molecular complexity index is 1190. The first-order valence-electron chi connectivity index (χ1n) is 10.6. The van der Waals surface area contributed by atoms with E-state index in [1.54, 1.807) is 30.6 Å². The zero-order chi connectivity index (χ0) is 23.5. The predicted molar refractivity (Wildman–Crippen MR) is 124 cm³/mol. The van der Waals surface area contributed by atoms with Crippen LogP contribution in [0, 0.1) is 25.2 Å². The normalized spacial score (nSPS) is 12.0. The summed E-state index contributed by atoms with van der Waals surface area (Å²) in [6.45, 7) is 13.1. The molecular formula is C24H29N7O. The number of hydrogen-bond donors (Lipinski definition) is 1. The molecule has 166 valence electrons. The molecule has 1 amide bonds. The van der Waals surface area contributed by atoms with Gasteiger partial charge >= 0.3 is 0 Å². The van der Waals surface area contributed by atoms with Gasteiger partial charge in [0.2, 0.25) is 0 Å². The monoisotopic (exact) mass is 431 g/mol. The molecular weight excluding hydrogens is 402 g/mol. The Morgan fingerprint density at radius 1 is 1.22 bits per heavy atom. The molecule has 0 spiro atoms. The molecule has 0 aliphatic heterocycles. The SMILES string of the molecule is CCCn1c(C)cc(/C=C(\C#N)C(=O)Nc2cc(C(C)(C)C)nn2-c2ncccn2)c1C. The highest BCUT2D eigenvalue weighted by molar-refractivity contribution is 6.09. The number of aryl methyl sites for hydroxylation is 1. The number of anilines is 1. The minimum atomic E-state index is -0.509. The van der Waals surface area contributed by atoms with Crippen LogP contribution in [-0.4, -0.2) is 30.2 Å². The van der Waals surface area contributed by atoms with Crippen LogP contribution in [0.2, 0.25) is 0 Å². The Kier molecular flexibility index (Phi) is 6.58. The Morgan fingerprint density at radius 2 is 1.91 bits per heavy atom. The zero-order valence-electron chi connectivity index (χ0n) is 19.5. The molecule has 0 radical (unpaired) electrons. The lowest BCUT2D eigenvalue weighted by Gasteiger charge is -2.13. The van der Waals surface area contributed by atoms with Gasteiger partial charge in [0, 0.05) is 41.8 Å². The van der Waals surface area contributed by atoms with E-state index in [9.17, 15) is 10.1 Å².